The van der Waals surface area contributed by atoms with Crippen LogP contribution in [0.1, 0.15) is 29.3 Å². The zero-order chi connectivity index (χ0) is 31.1. The number of benzene rings is 4. The minimum Gasteiger partial charge on any atom is -0.361 e. The Morgan fingerprint density at radius 1 is 0.909 bits per heavy atom. The highest BCUT2D eigenvalue weighted by Crippen LogP contribution is 2.29. The van der Waals surface area contributed by atoms with Crippen LogP contribution in [0.5, 0.6) is 0 Å². The molecule has 4 N–H and O–H groups in total. The van der Waals surface area contributed by atoms with Gasteiger partial charge in [-0.3, -0.25) is 14.4 Å². The van der Waals surface area contributed by atoms with E-state index in [9.17, 15) is 18.8 Å². The molecule has 0 saturated heterocycles. The van der Waals surface area contributed by atoms with Crippen LogP contribution in [0.25, 0.3) is 17.0 Å². The van der Waals surface area contributed by atoms with E-state index in [4.69, 9.17) is 11.6 Å². The van der Waals surface area contributed by atoms with E-state index in [0.717, 1.165) is 21.4 Å². The Labute approximate surface area is 262 Å². The molecule has 0 bridgehead atoms. The van der Waals surface area contributed by atoms with E-state index in [0.29, 0.717) is 23.4 Å². The Kier molecular flexibility index (Phi) is 9.79. The highest BCUT2D eigenvalue weighted by molar-refractivity contribution is 8.00. The molecule has 222 valence electrons. The third kappa shape index (κ3) is 7.55. The van der Waals surface area contributed by atoms with Gasteiger partial charge in [0.05, 0.1) is 10.3 Å². The molecule has 0 aliphatic rings. The number of para-hydroxylation sites is 1. The lowest BCUT2D eigenvalue weighted by atomic mass is 10.1. The van der Waals surface area contributed by atoms with Crippen LogP contribution < -0.4 is 16.0 Å². The highest BCUT2D eigenvalue weighted by Gasteiger charge is 2.20. The van der Waals surface area contributed by atoms with Crippen molar-refractivity contribution in [2.45, 2.75) is 23.5 Å². The zero-order valence-electron chi connectivity index (χ0n) is 23.6. The van der Waals surface area contributed by atoms with Crippen molar-refractivity contribution in [2.75, 3.05) is 10.6 Å². The molecule has 0 saturated carbocycles. The molecule has 0 aliphatic carbocycles. The van der Waals surface area contributed by atoms with Crippen LogP contribution in [-0.2, 0) is 9.59 Å². The summed E-state index contributed by atoms with van der Waals surface area (Å²) < 4.78 is 13.5. The molecule has 10 heteroatoms. The lowest BCUT2D eigenvalue weighted by Crippen LogP contribution is -2.30. The largest absolute Gasteiger partial charge is 0.361 e. The molecule has 7 nitrogen and oxygen atoms in total. The number of halogens is 2. The van der Waals surface area contributed by atoms with E-state index in [-0.39, 0.29) is 16.6 Å². The first kappa shape index (κ1) is 30.6. The van der Waals surface area contributed by atoms with Crippen molar-refractivity contribution in [1.29, 1.82) is 0 Å². The van der Waals surface area contributed by atoms with Crippen molar-refractivity contribution in [3.05, 3.63) is 131 Å². The summed E-state index contributed by atoms with van der Waals surface area (Å²) in [5.41, 5.74) is 2.99. The van der Waals surface area contributed by atoms with Crippen molar-refractivity contribution < 1.29 is 18.8 Å². The fourth-order valence-electron chi connectivity index (χ4n) is 4.44. The summed E-state index contributed by atoms with van der Waals surface area (Å²) in [6, 6.07) is 27.4. The smallest absolute Gasteiger partial charge is 0.272 e. The topological polar surface area (TPSA) is 103 Å². The second kappa shape index (κ2) is 14.1. The van der Waals surface area contributed by atoms with Crippen molar-refractivity contribution in [3.8, 4) is 0 Å². The SMILES string of the molecule is CCC(Sc1cccc(NC(=O)/C(=C/c2c[nH]c3ccccc23)NC(=O)c2ccccc2)c1)C(=O)Nc1ccc(F)c(Cl)c1. The molecule has 0 aliphatic heterocycles. The fourth-order valence-corrected chi connectivity index (χ4v) is 5.63. The van der Waals surface area contributed by atoms with Crippen LogP contribution in [0.4, 0.5) is 15.8 Å². The maximum Gasteiger partial charge on any atom is 0.272 e. The van der Waals surface area contributed by atoms with Gasteiger partial charge in [0, 0.05) is 44.5 Å². The average Bonchev–Trinajstić information content (AvgIpc) is 3.44. The minimum atomic E-state index is -0.566. The molecule has 5 rings (SSSR count). The van der Waals surface area contributed by atoms with Gasteiger partial charge >= 0.3 is 0 Å². The van der Waals surface area contributed by atoms with Gasteiger partial charge in [-0.1, -0.05) is 61.0 Å². The van der Waals surface area contributed by atoms with Gasteiger partial charge < -0.3 is 20.9 Å². The Morgan fingerprint density at radius 2 is 1.66 bits per heavy atom. The molecule has 1 heterocycles. The van der Waals surface area contributed by atoms with Gasteiger partial charge in [-0.2, -0.15) is 0 Å². The van der Waals surface area contributed by atoms with E-state index in [1.165, 1.54) is 30.0 Å². The number of nitrogens with one attached hydrogen (secondary N) is 4. The third-order valence-corrected chi connectivity index (χ3v) is 8.32. The average molecular weight is 627 g/mol. The number of carbonyl (C=O) groups is 3. The number of aromatic nitrogens is 1. The summed E-state index contributed by atoms with van der Waals surface area (Å²) in [6.07, 6.45) is 3.93. The van der Waals surface area contributed by atoms with Crippen LogP contribution in [-0.4, -0.2) is 28.0 Å². The second-order valence-electron chi connectivity index (χ2n) is 9.78. The number of carbonyl (C=O) groups excluding carboxylic acids is 3. The number of anilines is 2. The lowest BCUT2D eigenvalue weighted by Gasteiger charge is -2.16. The Hall–Kier alpha value is -4.86. The van der Waals surface area contributed by atoms with Crippen LogP contribution in [0.3, 0.4) is 0 Å². The monoisotopic (exact) mass is 626 g/mol. The molecule has 3 amide bonds. The molecule has 1 unspecified atom stereocenters. The van der Waals surface area contributed by atoms with Gasteiger partial charge in [0.25, 0.3) is 11.8 Å². The van der Waals surface area contributed by atoms with E-state index >= 15 is 0 Å². The summed E-state index contributed by atoms with van der Waals surface area (Å²) >= 11 is 7.18. The Morgan fingerprint density at radius 3 is 2.43 bits per heavy atom. The van der Waals surface area contributed by atoms with Gasteiger partial charge in [0.2, 0.25) is 5.91 Å². The summed E-state index contributed by atoms with van der Waals surface area (Å²) in [7, 11) is 0. The van der Waals surface area contributed by atoms with E-state index in [2.05, 4.69) is 20.9 Å². The number of rotatable bonds is 10. The molecule has 0 radical (unpaired) electrons. The first-order valence-electron chi connectivity index (χ1n) is 13.8. The fraction of sp³-hybridized carbons (Fsp3) is 0.0882. The molecule has 1 atom stereocenters. The first-order chi connectivity index (χ1) is 21.3. The van der Waals surface area contributed by atoms with Crippen LogP contribution in [0.2, 0.25) is 5.02 Å². The van der Waals surface area contributed by atoms with Crippen LogP contribution >= 0.6 is 23.4 Å². The molecular formula is C34H28ClFN4O3S. The summed E-state index contributed by atoms with van der Waals surface area (Å²) in [6.45, 7) is 1.89. The Bertz CT molecular complexity index is 1860. The molecule has 4 aromatic carbocycles. The summed E-state index contributed by atoms with van der Waals surface area (Å²) in [5, 5.41) is 8.77. The maximum atomic E-state index is 13.6. The van der Waals surface area contributed by atoms with Gasteiger partial charge in [-0.15, -0.1) is 11.8 Å². The van der Waals surface area contributed by atoms with Crippen molar-refractivity contribution >= 4 is 69.4 Å². The zero-order valence-corrected chi connectivity index (χ0v) is 25.1. The van der Waals surface area contributed by atoms with Gasteiger partial charge in [0.15, 0.2) is 0 Å². The predicted molar refractivity (Wildman–Crippen MR) is 175 cm³/mol. The number of H-pyrrole nitrogens is 1. The number of fused-ring (bicyclic) bond motifs is 1. The summed E-state index contributed by atoms with van der Waals surface area (Å²) in [4.78, 5) is 43.5. The second-order valence-corrected chi connectivity index (χ2v) is 11.5. The van der Waals surface area contributed by atoms with Crippen molar-refractivity contribution in [3.63, 3.8) is 0 Å². The number of hydrogen-bond acceptors (Lipinski definition) is 4. The minimum absolute atomic E-state index is 0.0606. The number of hydrogen-bond donors (Lipinski definition) is 4. The summed E-state index contributed by atoms with van der Waals surface area (Å²) in [5.74, 6) is -1.76. The highest BCUT2D eigenvalue weighted by atomic mass is 35.5. The molecule has 0 spiro atoms. The van der Waals surface area contributed by atoms with Crippen molar-refractivity contribution in [2.24, 2.45) is 0 Å². The van der Waals surface area contributed by atoms with E-state index < -0.39 is 22.9 Å². The molecular weight excluding hydrogens is 599 g/mol. The lowest BCUT2D eigenvalue weighted by molar-refractivity contribution is -0.116. The quantitative estimate of drug-likeness (QED) is 0.0935. The third-order valence-electron chi connectivity index (χ3n) is 6.67. The van der Waals surface area contributed by atoms with E-state index in [1.807, 2.05) is 43.3 Å². The molecule has 0 fully saturated rings. The Balaban J connectivity index is 1.34. The van der Waals surface area contributed by atoms with Gasteiger partial charge in [0.1, 0.15) is 11.5 Å². The predicted octanol–water partition coefficient (Wildman–Crippen LogP) is 7.88. The molecule has 44 heavy (non-hydrogen) atoms. The number of aromatic amines is 1. The van der Waals surface area contributed by atoms with Crippen LogP contribution in [0, 0.1) is 5.82 Å². The molecule has 5 aromatic rings. The maximum absolute atomic E-state index is 13.6. The van der Waals surface area contributed by atoms with E-state index in [1.54, 1.807) is 54.7 Å². The van der Waals surface area contributed by atoms with Gasteiger partial charge in [-0.05, 0) is 67.1 Å². The standard InChI is InChI=1S/C34H28ClFN4O3S/c1-2-31(34(43)39-24-15-16-28(36)27(35)19-24)44-25-12-8-11-23(18-25)38-33(42)30(40-32(41)21-9-4-3-5-10-21)17-22-20-37-29-14-7-6-13-26(22)29/h3-20,31,37H,2H2,1H3,(H,38,42)(H,39,43)(H,40,41)/b30-17-. The van der Waals surface area contributed by atoms with Crippen LogP contribution in [0.15, 0.2) is 114 Å². The first-order valence-corrected chi connectivity index (χ1v) is 15.0. The number of thioether (sulfide) groups is 1. The number of amides is 3. The molecule has 1 aromatic heterocycles. The normalized spacial score (nSPS) is 12.0. The van der Waals surface area contributed by atoms with Gasteiger partial charge in [-0.25, -0.2) is 4.39 Å². The van der Waals surface area contributed by atoms with Crippen molar-refractivity contribution in [1.82, 2.24) is 10.3 Å².